The summed E-state index contributed by atoms with van der Waals surface area (Å²) < 4.78 is 5.48. The van der Waals surface area contributed by atoms with Crippen LogP contribution in [0.4, 0.5) is 0 Å². The van der Waals surface area contributed by atoms with Crippen molar-refractivity contribution in [2.24, 2.45) is 4.99 Å². The molecule has 1 aromatic rings. The number of carbonyl (C=O) groups is 2. The molecule has 1 fully saturated rings. The number of nitrogens with one attached hydrogen (secondary N) is 2. The molecule has 1 aromatic carbocycles. The molecule has 0 heterocycles. The van der Waals surface area contributed by atoms with Gasteiger partial charge in [0.2, 0.25) is 0 Å². The average molecular weight is 417 g/mol. The van der Waals surface area contributed by atoms with Gasteiger partial charge >= 0.3 is 5.97 Å². The summed E-state index contributed by atoms with van der Waals surface area (Å²) in [4.78, 5) is 30.1. The third-order valence-corrected chi connectivity index (χ3v) is 5.04. The van der Waals surface area contributed by atoms with E-state index in [1.165, 1.54) is 0 Å². The van der Waals surface area contributed by atoms with E-state index in [2.05, 4.69) is 15.6 Å². The van der Waals surface area contributed by atoms with Crippen molar-refractivity contribution < 1.29 is 14.3 Å². The van der Waals surface area contributed by atoms with Gasteiger partial charge < -0.3 is 20.3 Å². The number of rotatable bonds is 10. The second-order valence-corrected chi connectivity index (χ2v) is 7.84. The van der Waals surface area contributed by atoms with Gasteiger partial charge in [0.25, 0.3) is 5.91 Å². The molecule has 1 aliphatic carbocycles. The first-order valence-electron chi connectivity index (χ1n) is 11.0. The lowest BCUT2D eigenvalue weighted by atomic mass is 10.1. The van der Waals surface area contributed by atoms with E-state index >= 15 is 0 Å². The lowest BCUT2D eigenvalue weighted by molar-refractivity contribution is -0.148. The van der Waals surface area contributed by atoms with Crippen LogP contribution < -0.4 is 10.6 Å². The molecular weight excluding hydrogens is 380 g/mol. The van der Waals surface area contributed by atoms with Gasteiger partial charge in [0, 0.05) is 45.7 Å². The fourth-order valence-electron chi connectivity index (χ4n) is 3.45. The molecule has 1 aliphatic rings. The Kier molecular flexibility index (Phi) is 10.2. The normalized spacial score (nSPS) is 14.4. The van der Waals surface area contributed by atoms with Crippen LogP contribution in [0, 0.1) is 0 Å². The van der Waals surface area contributed by atoms with Crippen molar-refractivity contribution in [2.75, 3.05) is 33.7 Å². The molecule has 0 atom stereocenters. The average Bonchev–Trinajstić information content (AvgIpc) is 3.23. The van der Waals surface area contributed by atoms with Crippen LogP contribution in [0.3, 0.4) is 0 Å². The standard InChI is InChI=1S/C23H36N4O3/c1-4-24-23(25-15-8-13-21(28)30-20-11-5-6-12-20)26-16-14-18-9-7-10-19(17-18)22(29)27(2)3/h7,9-10,17,20H,4-6,8,11-16H2,1-3H3,(H2,24,25,26). The number of guanidine groups is 1. The maximum atomic E-state index is 12.1. The monoisotopic (exact) mass is 416 g/mol. The van der Waals surface area contributed by atoms with E-state index in [0.717, 1.165) is 50.2 Å². The summed E-state index contributed by atoms with van der Waals surface area (Å²) in [7, 11) is 3.51. The highest BCUT2D eigenvalue weighted by molar-refractivity contribution is 5.94. The number of nitrogens with zero attached hydrogens (tertiary/aromatic N) is 2. The van der Waals surface area contributed by atoms with Gasteiger partial charge in [0.05, 0.1) is 0 Å². The van der Waals surface area contributed by atoms with E-state index in [1.54, 1.807) is 19.0 Å². The molecule has 7 heteroatoms. The summed E-state index contributed by atoms with van der Waals surface area (Å²) in [5.41, 5.74) is 1.79. The van der Waals surface area contributed by atoms with Crippen molar-refractivity contribution in [3.8, 4) is 0 Å². The number of aliphatic imine (C=N–C) groups is 1. The van der Waals surface area contributed by atoms with Crippen LogP contribution in [0.15, 0.2) is 29.3 Å². The molecule has 2 N–H and O–H groups in total. The summed E-state index contributed by atoms with van der Waals surface area (Å²) in [6.07, 6.45) is 6.34. The first-order chi connectivity index (χ1) is 14.5. The van der Waals surface area contributed by atoms with Gasteiger partial charge in [0.15, 0.2) is 5.96 Å². The van der Waals surface area contributed by atoms with E-state index in [1.807, 2.05) is 31.2 Å². The van der Waals surface area contributed by atoms with Gasteiger partial charge in [0.1, 0.15) is 6.10 Å². The minimum Gasteiger partial charge on any atom is -0.462 e. The molecule has 0 unspecified atom stereocenters. The molecule has 0 radical (unpaired) electrons. The number of amides is 1. The first kappa shape index (κ1) is 23.7. The van der Waals surface area contributed by atoms with Crippen molar-refractivity contribution in [3.05, 3.63) is 35.4 Å². The van der Waals surface area contributed by atoms with Crippen molar-refractivity contribution in [1.82, 2.24) is 15.5 Å². The number of ether oxygens (including phenoxy) is 1. The largest absolute Gasteiger partial charge is 0.462 e. The Labute approximate surface area is 180 Å². The van der Waals surface area contributed by atoms with Crippen molar-refractivity contribution >= 4 is 17.8 Å². The van der Waals surface area contributed by atoms with Gasteiger partial charge in [-0.2, -0.15) is 0 Å². The molecule has 30 heavy (non-hydrogen) atoms. The first-order valence-corrected chi connectivity index (χ1v) is 11.0. The lowest BCUT2D eigenvalue weighted by Gasteiger charge is -2.13. The maximum Gasteiger partial charge on any atom is 0.306 e. The van der Waals surface area contributed by atoms with Crippen LogP contribution in [0.25, 0.3) is 0 Å². The zero-order chi connectivity index (χ0) is 21.8. The zero-order valence-corrected chi connectivity index (χ0v) is 18.6. The van der Waals surface area contributed by atoms with E-state index < -0.39 is 0 Å². The molecule has 0 spiro atoms. The Bertz CT molecular complexity index is 712. The number of hydrogen-bond acceptors (Lipinski definition) is 4. The van der Waals surface area contributed by atoms with E-state index in [9.17, 15) is 9.59 Å². The Balaban J connectivity index is 1.73. The fourth-order valence-corrected chi connectivity index (χ4v) is 3.45. The molecule has 1 saturated carbocycles. The van der Waals surface area contributed by atoms with Crippen LogP contribution in [0.1, 0.15) is 61.4 Å². The molecule has 7 nitrogen and oxygen atoms in total. The van der Waals surface area contributed by atoms with Gasteiger partial charge in [-0.3, -0.25) is 14.6 Å². The Hall–Kier alpha value is -2.57. The van der Waals surface area contributed by atoms with Crippen LogP contribution in [0.5, 0.6) is 0 Å². The molecule has 0 aromatic heterocycles. The minimum absolute atomic E-state index is 0.00571. The lowest BCUT2D eigenvalue weighted by Crippen LogP contribution is -2.38. The predicted octanol–water partition coefficient (Wildman–Crippen LogP) is 2.75. The predicted molar refractivity (Wildman–Crippen MR) is 120 cm³/mol. The second kappa shape index (κ2) is 12.9. The Morgan fingerprint density at radius 2 is 1.97 bits per heavy atom. The molecule has 0 saturated heterocycles. The maximum absolute atomic E-state index is 12.1. The smallest absolute Gasteiger partial charge is 0.306 e. The fraction of sp³-hybridized carbons (Fsp3) is 0.609. The zero-order valence-electron chi connectivity index (χ0n) is 18.6. The number of hydrogen-bond donors (Lipinski definition) is 2. The van der Waals surface area contributed by atoms with Crippen LogP contribution >= 0.6 is 0 Å². The third kappa shape index (κ3) is 8.43. The molecule has 0 aliphatic heterocycles. The highest BCUT2D eigenvalue weighted by Gasteiger charge is 2.18. The van der Waals surface area contributed by atoms with Gasteiger partial charge in [-0.05, 0) is 63.1 Å². The summed E-state index contributed by atoms with van der Waals surface area (Å²) in [6.45, 7) is 4.06. The van der Waals surface area contributed by atoms with E-state index in [4.69, 9.17) is 4.74 Å². The van der Waals surface area contributed by atoms with Crippen LogP contribution in [-0.2, 0) is 16.0 Å². The van der Waals surface area contributed by atoms with Crippen LogP contribution in [-0.4, -0.2) is 62.6 Å². The second-order valence-electron chi connectivity index (χ2n) is 7.84. The highest BCUT2D eigenvalue weighted by atomic mass is 16.5. The molecular formula is C23H36N4O3. The van der Waals surface area contributed by atoms with Crippen molar-refractivity contribution in [2.45, 2.75) is 58.0 Å². The van der Waals surface area contributed by atoms with Gasteiger partial charge in [-0.15, -0.1) is 0 Å². The molecule has 166 valence electrons. The van der Waals surface area contributed by atoms with E-state index in [0.29, 0.717) is 31.5 Å². The van der Waals surface area contributed by atoms with Gasteiger partial charge in [-0.25, -0.2) is 0 Å². The number of esters is 1. The Morgan fingerprint density at radius 1 is 1.20 bits per heavy atom. The number of carbonyl (C=O) groups excluding carboxylic acids is 2. The molecule has 1 amide bonds. The minimum atomic E-state index is -0.109. The molecule has 2 rings (SSSR count). The molecule has 0 bridgehead atoms. The van der Waals surface area contributed by atoms with Crippen molar-refractivity contribution in [3.63, 3.8) is 0 Å². The van der Waals surface area contributed by atoms with E-state index in [-0.39, 0.29) is 18.0 Å². The summed E-state index contributed by atoms with van der Waals surface area (Å²) in [5.74, 6) is 0.635. The third-order valence-electron chi connectivity index (χ3n) is 5.04. The summed E-state index contributed by atoms with van der Waals surface area (Å²) in [5, 5.41) is 6.54. The Morgan fingerprint density at radius 3 is 2.67 bits per heavy atom. The summed E-state index contributed by atoms with van der Waals surface area (Å²) in [6, 6.07) is 7.71. The van der Waals surface area contributed by atoms with Crippen LogP contribution in [0.2, 0.25) is 0 Å². The summed E-state index contributed by atoms with van der Waals surface area (Å²) >= 11 is 0. The SMILES string of the molecule is CCNC(=NCCCC(=O)OC1CCCC1)NCCc1cccc(C(=O)N(C)C)c1. The topological polar surface area (TPSA) is 83.0 Å². The van der Waals surface area contributed by atoms with Gasteiger partial charge in [-0.1, -0.05) is 12.1 Å². The number of benzene rings is 1. The van der Waals surface area contributed by atoms with Crippen molar-refractivity contribution in [1.29, 1.82) is 0 Å². The quantitative estimate of drug-likeness (QED) is 0.265. The highest BCUT2D eigenvalue weighted by Crippen LogP contribution is 2.21.